The summed E-state index contributed by atoms with van der Waals surface area (Å²) in [5.41, 5.74) is 2.05. The first-order chi connectivity index (χ1) is 9.67. The maximum absolute atomic E-state index is 10.4. The van der Waals surface area contributed by atoms with Crippen LogP contribution in [-0.2, 0) is 10.5 Å². The smallest absolute Gasteiger partial charge is 0.328 e. The van der Waals surface area contributed by atoms with E-state index in [2.05, 4.69) is 10.2 Å². The Morgan fingerprint density at radius 2 is 2.00 bits per heavy atom. The Bertz CT molecular complexity index is 608. The molecule has 104 valence electrons. The van der Waals surface area contributed by atoms with Crippen molar-refractivity contribution in [3.05, 3.63) is 41.5 Å². The van der Waals surface area contributed by atoms with E-state index in [9.17, 15) is 4.79 Å². The number of thioether (sulfide) groups is 2. The largest absolute Gasteiger partial charge is 0.478 e. The molecule has 0 bridgehead atoms. The highest BCUT2D eigenvalue weighted by atomic mass is 32.2. The maximum Gasteiger partial charge on any atom is 0.328 e. The summed E-state index contributed by atoms with van der Waals surface area (Å²) in [5, 5.41) is 16.7. The molecular weight excluding hydrogens is 312 g/mol. The van der Waals surface area contributed by atoms with Gasteiger partial charge in [0.25, 0.3) is 0 Å². The molecule has 0 spiro atoms. The molecule has 0 atom stereocenters. The highest BCUT2D eigenvalue weighted by Crippen LogP contribution is 2.29. The zero-order chi connectivity index (χ0) is 14.4. The minimum Gasteiger partial charge on any atom is -0.478 e. The van der Waals surface area contributed by atoms with Gasteiger partial charge in [-0.25, -0.2) is 4.79 Å². The summed E-state index contributed by atoms with van der Waals surface area (Å²) < 4.78 is 1.94. The first-order valence-electron chi connectivity index (χ1n) is 5.67. The fourth-order valence-electron chi connectivity index (χ4n) is 1.38. The van der Waals surface area contributed by atoms with Crippen LogP contribution < -0.4 is 0 Å². The zero-order valence-corrected chi connectivity index (χ0v) is 13.1. The molecule has 0 aliphatic rings. The van der Waals surface area contributed by atoms with Crippen molar-refractivity contribution in [2.75, 3.05) is 6.26 Å². The van der Waals surface area contributed by atoms with E-state index in [1.165, 1.54) is 5.56 Å². The Labute approximate surface area is 129 Å². The van der Waals surface area contributed by atoms with Crippen molar-refractivity contribution < 1.29 is 9.90 Å². The third-order valence-corrected chi connectivity index (χ3v) is 5.43. The fraction of sp³-hybridized carbons (Fsp3) is 0.154. The molecule has 4 nitrogen and oxygen atoms in total. The van der Waals surface area contributed by atoms with Crippen LogP contribution in [-0.4, -0.2) is 27.5 Å². The number of benzene rings is 1. The van der Waals surface area contributed by atoms with Crippen molar-refractivity contribution in [1.29, 1.82) is 0 Å². The number of carboxylic acid groups (broad SMARTS) is 1. The third kappa shape index (κ3) is 4.66. The summed E-state index contributed by atoms with van der Waals surface area (Å²) >= 11 is 4.84. The molecule has 0 aliphatic carbocycles. The van der Waals surface area contributed by atoms with Gasteiger partial charge in [0.15, 0.2) is 8.68 Å². The molecule has 2 aromatic rings. The Morgan fingerprint density at radius 3 is 2.60 bits per heavy atom. The molecule has 1 aromatic carbocycles. The average molecular weight is 324 g/mol. The normalized spacial score (nSPS) is 11.1. The molecule has 0 radical (unpaired) electrons. The van der Waals surface area contributed by atoms with E-state index in [4.69, 9.17) is 5.11 Å². The van der Waals surface area contributed by atoms with Crippen LogP contribution in [0.3, 0.4) is 0 Å². The second-order valence-corrected chi connectivity index (χ2v) is 6.99. The number of carboxylic acids is 1. The molecule has 0 amide bonds. The lowest BCUT2D eigenvalue weighted by molar-refractivity contribution is -0.131. The van der Waals surface area contributed by atoms with Crippen molar-refractivity contribution in [3.63, 3.8) is 0 Å². The predicted octanol–water partition coefficient (Wildman–Crippen LogP) is 3.65. The number of hydrogen-bond acceptors (Lipinski definition) is 6. The first kappa shape index (κ1) is 15.1. The lowest BCUT2D eigenvalue weighted by Gasteiger charge is -1.99. The Morgan fingerprint density at radius 1 is 1.30 bits per heavy atom. The molecule has 20 heavy (non-hydrogen) atoms. The van der Waals surface area contributed by atoms with E-state index in [0.29, 0.717) is 0 Å². The number of hydrogen-bond donors (Lipinski definition) is 1. The topological polar surface area (TPSA) is 63.1 Å². The summed E-state index contributed by atoms with van der Waals surface area (Å²) in [4.78, 5) is 10.4. The van der Waals surface area contributed by atoms with Gasteiger partial charge in [0.05, 0.1) is 0 Å². The number of aromatic nitrogens is 2. The minimum atomic E-state index is -0.939. The van der Waals surface area contributed by atoms with Gasteiger partial charge in [0.2, 0.25) is 0 Å². The minimum absolute atomic E-state index is 0.825. The molecule has 0 fully saturated rings. The van der Waals surface area contributed by atoms with Gasteiger partial charge >= 0.3 is 5.97 Å². The number of rotatable bonds is 6. The molecule has 0 saturated carbocycles. The van der Waals surface area contributed by atoms with Gasteiger partial charge in [-0.3, -0.25) is 0 Å². The van der Waals surface area contributed by atoms with Gasteiger partial charge in [0.1, 0.15) is 0 Å². The van der Waals surface area contributed by atoms with Gasteiger partial charge < -0.3 is 5.11 Å². The van der Waals surface area contributed by atoms with Gasteiger partial charge in [-0.2, -0.15) is 0 Å². The monoisotopic (exact) mass is 324 g/mol. The highest BCUT2D eigenvalue weighted by molar-refractivity contribution is 8.02. The van der Waals surface area contributed by atoms with Gasteiger partial charge in [-0.1, -0.05) is 59.1 Å². The highest BCUT2D eigenvalue weighted by Gasteiger charge is 2.04. The molecular formula is C13H12N2O2S3. The average Bonchev–Trinajstić information content (AvgIpc) is 2.92. The summed E-state index contributed by atoms with van der Waals surface area (Å²) in [6.45, 7) is 0. The van der Waals surface area contributed by atoms with Crippen molar-refractivity contribution in [2.45, 2.75) is 14.4 Å². The summed E-state index contributed by atoms with van der Waals surface area (Å²) in [6, 6.07) is 7.79. The van der Waals surface area contributed by atoms with Crippen LogP contribution in [0.5, 0.6) is 0 Å². The molecule has 2 rings (SSSR count). The predicted molar refractivity (Wildman–Crippen MR) is 84.4 cm³/mol. The second kappa shape index (κ2) is 7.47. The third-order valence-electron chi connectivity index (χ3n) is 2.32. The van der Waals surface area contributed by atoms with Crippen LogP contribution in [0, 0.1) is 0 Å². The van der Waals surface area contributed by atoms with Crippen LogP contribution in [0.1, 0.15) is 11.1 Å². The maximum atomic E-state index is 10.4. The van der Waals surface area contributed by atoms with E-state index >= 15 is 0 Å². The van der Waals surface area contributed by atoms with Gasteiger partial charge in [-0.15, -0.1) is 10.2 Å². The van der Waals surface area contributed by atoms with Crippen molar-refractivity contribution in [3.8, 4) is 0 Å². The standard InChI is InChI=1S/C13H12N2O2S3/c1-18-12-14-15-13(20-12)19-8-10-4-2-9(3-5-10)6-7-11(16)17/h2-7H,8H2,1H3,(H,16,17)/b7-6+. The van der Waals surface area contributed by atoms with E-state index < -0.39 is 5.97 Å². The summed E-state index contributed by atoms with van der Waals surface area (Å²) in [7, 11) is 0. The van der Waals surface area contributed by atoms with Crippen LogP contribution in [0.4, 0.5) is 0 Å². The lowest BCUT2D eigenvalue weighted by atomic mass is 10.1. The van der Waals surface area contributed by atoms with Crippen LogP contribution in [0.15, 0.2) is 39.0 Å². The molecule has 1 heterocycles. The fourth-order valence-corrected chi connectivity index (χ4v) is 3.77. The second-order valence-electron chi connectivity index (χ2n) is 3.74. The number of nitrogens with zero attached hydrogens (tertiary/aromatic N) is 2. The first-order valence-corrected chi connectivity index (χ1v) is 8.70. The Balaban J connectivity index is 1.92. The lowest BCUT2D eigenvalue weighted by Crippen LogP contribution is -1.86. The Hall–Kier alpha value is -1.31. The van der Waals surface area contributed by atoms with E-state index in [1.807, 2.05) is 30.5 Å². The number of aliphatic carboxylic acids is 1. The van der Waals surface area contributed by atoms with E-state index in [-0.39, 0.29) is 0 Å². The Kier molecular flexibility index (Phi) is 5.63. The van der Waals surface area contributed by atoms with Gasteiger partial charge in [0, 0.05) is 11.8 Å². The quantitative estimate of drug-likeness (QED) is 0.646. The van der Waals surface area contributed by atoms with Crippen molar-refractivity contribution in [1.82, 2.24) is 10.2 Å². The van der Waals surface area contributed by atoms with Crippen LogP contribution >= 0.6 is 34.9 Å². The van der Waals surface area contributed by atoms with Crippen LogP contribution in [0.25, 0.3) is 6.08 Å². The molecule has 0 unspecified atom stereocenters. The SMILES string of the molecule is CSc1nnc(SCc2ccc(/C=C/C(=O)O)cc2)s1. The molecule has 0 saturated heterocycles. The molecule has 0 aliphatic heterocycles. The molecule has 1 N–H and O–H groups in total. The molecule has 1 aromatic heterocycles. The number of carbonyl (C=O) groups is 1. The zero-order valence-electron chi connectivity index (χ0n) is 10.6. The summed E-state index contributed by atoms with van der Waals surface area (Å²) in [5.74, 6) is -0.114. The van der Waals surface area contributed by atoms with Crippen molar-refractivity contribution >= 4 is 46.9 Å². The van der Waals surface area contributed by atoms with E-state index in [1.54, 1.807) is 40.9 Å². The van der Waals surface area contributed by atoms with E-state index in [0.717, 1.165) is 26.1 Å². The van der Waals surface area contributed by atoms with Crippen molar-refractivity contribution in [2.24, 2.45) is 0 Å². The van der Waals surface area contributed by atoms with Gasteiger partial charge in [-0.05, 0) is 23.5 Å². The molecule has 7 heteroatoms. The van der Waals surface area contributed by atoms with Crippen LogP contribution in [0.2, 0.25) is 0 Å². The summed E-state index contributed by atoms with van der Waals surface area (Å²) in [6.07, 6.45) is 4.70.